The van der Waals surface area contributed by atoms with Crippen molar-refractivity contribution in [2.24, 2.45) is 0 Å². The molecule has 0 bridgehead atoms. The predicted octanol–water partition coefficient (Wildman–Crippen LogP) is 4.34. The minimum absolute atomic E-state index is 0.253. The molecule has 4 rings (SSSR count). The molecule has 148 valence electrons. The third kappa shape index (κ3) is 4.48. The molecule has 1 N–H and O–H groups in total. The van der Waals surface area contributed by atoms with Gasteiger partial charge in [0, 0.05) is 6.54 Å². The van der Waals surface area contributed by atoms with E-state index in [1.54, 1.807) is 12.1 Å². The van der Waals surface area contributed by atoms with Crippen LogP contribution in [0.15, 0.2) is 71.3 Å². The number of hydrogen-bond donors (Lipinski definition) is 1. The molecular weight excluding hydrogens is 366 g/mol. The number of hydrogen-bond acceptors (Lipinski definition) is 4. The highest BCUT2D eigenvalue weighted by atomic mass is 16.5. The fraction of sp³-hybridized carbons (Fsp3) is 0.217. The van der Waals surface area contributed by atoms with E-state index in [0.717, 1.165) is 35.6 Å². The number of carbonyl (C=O) groups excluding carboxylic acids is 1. The molecule has 2 aromatic carbocycles. The Balaban J connectivity index is 1.42. The van der Waals surface area contributed by atoms with Gasteiger partial charge in [-0.25, -0.2) is 4.98 Å². The van der Waals surface area contributed by atoms with Gasteiger partial charge in [-0.05, 0) is 55.3 Å². The van der Waals surface area contributed by atoms with Crippen molar-refractivity contribution in [2.45, 2.75) is 26.4 Å². The zero-order chi connectivity index (χ0) is 20.1. The molecule has 0 atom stereocenters. The van der Waals surface area contributed by atoms with Crippen molar-refractivity contribution in [1.29, 1.82) is 0 Å². The number of amides is 1. The van der Waals surface area contributed by atoms with Gasteiger partial charge < -0.3 is 19.0 Å². The van der Waals surface area contributed by atoms with Gasteiger partial charge >= 0.3 is 0 Å². The lowest BCUT2D eigenvalue weighted by molar-refractivity contribution is 0.0921. The number of aromatic nitrogens is 2. The number of para-hydroxylation sites is 2. The van der Waals surface area contributed by atoms with Crippen LogP contribution >= 0.6 is 0 Å². The van der Waals surface area contributed by atoms with E-state index in [9.17, 15) is 4.79 Å². The summed E-state index contributed by atoms with van der Waals surface area (Å²) in [5.41, 5.74) is 3.14. The molecule has 2 heterocycles. The van der Waals surface area contributed by atoms with Crippen molar-refractivity contribution in [2.75, 3.05) is 6.61 Å². The molecule has 4 aromatic rings. The standard InChI is InChI=1S/C23H23N3O3/c1-17-7-4-8-18(15-17)28-14-6-12-26-20-10-3-2-9-19(20)25-22(26)16-24-23(27)21-11-5-13-29-21/h2-5,7-11,13,15H,6,12,14,16H2,1H3,(H,24,27). The van der Waals surface area contributed by atoms with Crippen LogP contribution in [0, 0.1) is 6.92 Å². The van der Waals surface area contributed by atoms with Gasteiger partial charge in [0.2, 0.25) is 0 Å². The van der Waals surface area contributed by atoms with Crippen LogP contribution < -0.4 is 10.1 Å². The Kier molecular flexibility index (Phi) is 5.61. The van der Waals surface area contributed by atoms with Crippen LogP contribution in [0.2, 0.25) is 0 Å². The molecule has 6 heteroatoms. The topological polar surface area (TPSA) is 69.3 Å². The first kappa shape index (κ1) is 18.8. The Hall–Kier alpha value is -3.54. The second kappa shape index (κ2) is 8.65. The third-order valence-electron chi connectivity index (χ3n) is 4.67. The summed E-state index contributed by atoms with van der Waals surface area (Å²) in [6.45, 7) is 3.73. The number of benzene rings is 2. The van der Waals surface area contributed by atoms with Gasteiger partial charge in [-0.1, -0.05) is 24.3 Å². The molecule has 29 heavy (non-hydrogen) atoms. The van der Waals surface area contributed by atoms with Crippen molar-refractivity contribution in [3.63, 3.8) is 0 Å². The summed E-state index contributed by atoms with van der Waals surface area (Å²) in [5.74, 6) is 1.73. The lowest BCUT2D eigenvalue weighted by Gasteiger charge is -2.11. The minimum Gasteiger partial charge on any atom is -0.494 e. The number of furan rings is 1. The summed E-state index contributed by atoms with van der Waals surface area (Å²) in [4.78, 5) is 16.9. The minimum atomic E-state index is -0.253. The molecule has 2 aromatic heterocycles. The molecule has 0 fully saturated rings. The molecule has 0 aliphatic carbocycles. The molecule has 0 aliphatic rings. The van der Waals surface area contributed by atoms with Crippen molar-refractivity contribution in [3.8, 4) is 5.75 Å². The van der Waals surface area contributed by atoms with Crippen LogP contribution in [-0.4, -0.2) is 22.1 Å². The lowest BCUT2D eigenvalue weighted by Crippen LogP contribution is -2.24. The Morgan fingerprint density at radius 1 is 1.14 bits per heavy atom. The number of imidazole rings is 1. The number of nitrogens with zero attached hydrogens (tertiary/aromatic N) is 2. The van der Waals surface area contributed by atoms with Crippen LogP contribution in [0.25, 0.3) is 11.0 Å². The fourth-order valence-electron chi connectivity index (χ4n) is 3.28. The monoisotopic (exact) mass is 389 g/mol. The van der Waals surface area contributed by atoms with Gasteiger partial charge in [0.05, 0.1) is 30.4 Å². The molecular formula is C23H23N3O3. The van der Waals surface area contributed by atoms with E-state index >= 15 is 0 Å². The normalized spacial score (nSPS) is 10.9. The Morgan fingerprint density at radius 3 is 2.86 bits per heavy atom. The van der Waals surface area contributed by atoms with Crippen molar-refractivity contribution < 1.29 is 13.9 Å². The van der Waals surface area contributed by atoms with Gasteiger partial charge in [0.1, 0.15) is 11.6 Å². The summed E-state index contributed by atoms with van der Waals surface area (Å²) in [6, 6.07) is 19.4. The summed E-state index contributed by atoms with van der Waals surface area (Å²) in [7, 11) is 0. The molecule has 0 unspecified atom stereocenters. The number of nitrogens with one attached hydrogen (secondary N) is 1. The van der Waals surface area contributed by atoms with E-state index in [0.29, 0.717) is 18.9 Å². The van der Waals surface area contributed by atoms with Gasteiger partial charge in [0.15, 0.2) is 5.76 Å². The van der Waals surface area contributed by atoms with E-state index in [4.69, 9.17) is 14.1 Å². The summed E-state index contributed by atoms with van der Waals surface area (Å²) >= 11 is 0. The van der Waals surface area contributed by atoms with Gasteiger partial charge in [-0.15, -0.1) is 0 Å². The van der Waals surface area contributed by atoms with Crippen molar-refractivity contribution in [3.05, 3.63) is 84.1 Å². The second-order valence-electron chi connectivity index (χ2n) is 6.85. The summed E-state index contributed by atoms with van der Waals surface area (Å²) in [6.07, 6.45) is 2.31. The first-order chi connectivity index (χ1) is 14.2. The first-order valence-corrected chi connectivity index (χ1v) is 9.66. The molecule has 0 saturated carbocycles. The largest absolute Gasteiger partial charge is 0.494 e. The van der Waals surface area contributed by atoms with Crippen LogP contribution in [0.1, 0.15) is 28.4 Å². The van der Waals surface area contributed by atoms with E-state index in [1.807, 2.05) is 55.5 Å². The van der Waals surface area contributed by atoms with E-state index in [1.165, 1.54) is 11.8 Å². The van der Waals surface area contributed by atoms with Gasteiger partial charge in [-0.3, -0.25) is 4.79 Å². The van der Waals surface area contributed by atoms with Gasteiger partial charge in [-0.2, -0.15) is 0 Å². The van der Waals surface area contributed by atoms with Crippen LogP contribution in [-0.2, 0) is 13.1 Å². The number of carbonyl (C=O) groups is 1. The highest BCUT2D eigenvalue weighted by molar-refractivity contribution is 5.91. The second-order valence-corrected chi connectivity index (χ2v) is 6.85. The lowest BCUT2D eigenvalue weighted by atomic mass is 10.2. The Bertz CT molecular complexity index is 1100. The number of fused-ring (bicyclic) bond motifs is 1. The Labute approximate surface area is 169 Å². The fourth-order valence-corrected chi connectivity index (χ4v) is 3.28. The average Bonchev–Trinajstić information content (AvgIpc) is 3.38. The number of rotatable bonds is 8. The van der Waals surface area contributed by atoms with E-state index in [2.05, 4.69) is 9.88 Å². The Morgan fingerprint density at radius 2 is 2.03 bits per heavy atom. The zero-order valence-electron chi connectivity index (χ0n) is 16.3. The maximum absolute atomic E-state index is 12.2. The van der Waals surface area contributed by atoms with E-state index < -0.39 is 0 Å². The summed E-state index contributed by atoms with van der Waals surface area (Å²) < 4.78 is 13.2. The molecule has 0 aliphatic heterocycles. The first-order valence-electron chi connectivity index (χ1n) is 9.66. The molecule has 0 radical (unpaired) electrons. The maximum atomic E-state index is 12.2. The maximum Gasteiger partial charge on any atom is 0.287 e. The highest BCUT2D eigenvalue weighted by Crippen LogP contribution is 2.18. The van der Waals surface area contributed by atoms with Crippen LogP contribution in [0.5, 0.6) is 5.75 Å². The predicted molar refractivity (Wildman–Crippen MR) is 111 cm³/mol. The van der Waals surface area contributed by atoms with Crippen molar-refractivity contribution >= 4 is 16.9 Å². The third-order valence-corrected chi connectivity index (χ3v) is 4.67. The van der Waals surface area contributed by atoms with Crippen LogP contribution in [0.4, 0.5) is 0 Å². The molecule has 0 spiro atoms. The van der Waals surface area contributed by atoms with E-state index in [-0.39, 0.29) is 5.91 Å². The molecule has 1 amide bonds. The smallest absolute Gasteiger partial charge is 0.287 e. The SMILES string of the molecule is Cc1cccc(OCCCn2c(CNC(=O)c3ccco3)nc3ccccc32)c1. The van der Waals surface area contributed by atoms with Crippen molar-refractivity contribution in [1.82, 2.24) is 14.9 Å². The van der Waals surface area contributed by atoms with Crippen LogP contribution in [0.3, 0.4) is 0 Å². The van der Waals surface area contributed by atoms with Gasteiger partial charge in [0.25, 0.3) is 5.91 Å². The number of aryl methyl sites for hydroxylation is 2. The zero-order valence-corrected chi connectivity index (χ0v) is 16.3. The molecule has 0 saturated heterocycles. The number of ether oxygens (including phenoxy) is 1. The average molecular weight is 389 g/mol. The highest BCUT2D eigenvalue weighted by Gasteiger charge is 2.13. The summed E-state index contributed by atoms with van der Waals surface area (Å²) in [5, 5.41) is 2.88. The molecule has 6 nitrogen and oxygen atoms in total. The quantitative estimate of drug-likeness (QED) is 0.455.